The lowest BCUT2D eigenvalue weighted by molar-refractivity contribution is 0.102. The summed E-state index contributed by atoms with van der Waals surface area (Å²) in [5.41, 5.74) is 2.25. The first kappa shape index (κ1) is 21.5. The molecular weight excluding hydrogens is 403 g/mol. The Morgan fingerprint density at radius 1 is 1.13 bits per heavy atom. The first-order chi connectivity index (χ1) is 14.2. The Bertz CT molecular complexity index is 1230. The first-order valence-electron chi connectivity index (χ1n) is 9.36. The van der Waals surface area contributed by atoms with Crippen molar-refractivity contribution in [2.24, 2.45) is 0 Å². The van der Waals surface area contributed by atoms with Crippen molar-refractivity contribution in [3.8, 4) is 0 Å². The van der Waals surface area contributed by atoms with Gasteiger partial charge >= 0.3 is 0 Å². The van der Waals surface area contributed by atoms with Crippen LogP contribution in [-0.2, 0) is 16.4 Å². The Morgan fingerprint density at radius 3 is 2.40 bits per heavy atom. The van der Waals surface area contributed by atoms with Gasteiger partial charge in [-0.25, -0.2) is 12.8 Å². The Kier molecular flexibility index (Phi) is 5.94. The maximum Gasteiger partial charge on any atom is 0.256 e. The van der Waals surface area contributed by atoms with Gasteiger partial charge in [0.05, 0.1) is 4.90 Å². The number of anilines is 1. The summed E-state index contributed by atoms with van der Waals surface area (Å²) in [7, 11) is -3.92. The highest BCUT2D eigenvalue weighted by Gasteiger charge is 2.30. The van der Waals surface area contributed by atoms with Crippen LogP contribution in [-0.4, -0.2) is 18.9 Å². The molecular formula is C23H23FN2O3S. The maximum absolute atomic E-state index is 13.6. The van der Waals surface area contributed by atoms with Gasteiger partial charge < -0.3 is 9.88 Å². The molecule has 0 aliphatic carbocycles. The number of halogens is 1. The summed E-state index contributed by atoms with van der Waals surface area (Å²) in [6.07, 6.45) is 1.62. The van der Waals surface area contributed by atoms with E-state index in [-0.39, 0.29) is 21.2 Å². The van der Waals surface area contributed by atoms with Gasteiger partial charge in [0.2, 0.25) is 9.84 Å². The van der Waals surface area contributed by atoms with Crippen molar-refractivity contribution in [1.82, 2.24) is 4.57 Å². The largest absolute Gasteiger partial charge is 0.327 e. The van der Waals surface area contributed by atoms with Crippen molar-refractivity contribution < 1.29 is 17.6 Å². The van der Waals surface area contributed by atoms with E-state index in [1.54, 1.807) is 48.8 Å². The van der Waals surface area contributed by atoms with Crippen LogP contribution in [0, 0.1) is 26.6 Å². The van der Waals surface area contributed by atoms with Crippen molar-refractivity contribution >= 4 is 21.6 Å². The predicted molar refractivity (Wildman–Crippen MR) is 115 cm³/mol. The lowest BCUT2D eigenvalue weighted by Crippen LogP contribution is -2.18. The summed E-state index contributed by atoms with van der Waals surface area (Å²) in [5, 5.41) is 2.69. The topological polar surface area (TPSA) is 68.2 Å². The minimum absolute atomic E-state index is 0.0236. The molecule has 0 aliphatic rings. The van der Waals surface area contributed by atoms with Gasteiger partial charge in [-0.1, -0.05) is 29.8 Å². The van der Waals surface area contributed by atoms with Gasteiger partial charge in [-0.3, -0.25) is 4.79 Å². The summed E-state index contributed by atoms with van der Waals surface area (Å²) >= 11 is 0. The molecule has 2 aromatic carbocycles. The number of carbonyl (C=O) groups excluding carboxylic acids is 1. The van der Waals surface area contributed by atoms with E-state index < -0.39 is 21.6 Å². The quantitative estimate of drug-likeness (QED) is 0.575. The molecule has 0 saturated carbocycles. The molecule has 1 aromatic heterocycles. The van der Waals surface area contributed by atoms with E-state index in [1.165, 1.54) is 18.2 Å². The number of nitrogens with zero attached hydrogens (tertiary/aromatic N) is 1. The van der Waals surface area contributed by atoms with Gasteiger partial charge in [-0.15, -0.1) is 6.58 Å². The fraction of sp³-hybridized carbons (Fsp3) is 0.174. The second kappa shape index (κ2) is 8.28. The Hall–Kier alpha value is -3.19. The van der Waals surface area contributed by atoms with Crippen LogP contribution in [0.1, 0.15) is 27.2 Å². The van der Waals surface area contributed by atoms with E-state index >= 15 is 0 Å². The highest BCUT2D eigenvalue weighted by atomic mass is 32.2. The average molecular weight is 427 g/mol. The molecule has 0 spiro atoms. The molecule has 0 radical (unpaired) electrons. The van der Waals surface area contributed by atoms with Crippen LogP contribution in [0.4, 0.5) is 10.2 Å². The third-order valence-corrected chi connectivity index (χ3v) is 6.93. The fourth-order valence-electron chi connectivity index (χ4n) is 3.29. The highest BCUT2D eigenvalue weighted by Crippen LogP contribution is 2.35. The monoisotopic (exact) mass is 426 g/mol. The van der Waals surface area contributed by atoms with E-state index in [4.69, 9.17) is 0 Å². The van der Waals surface area contributed by atoms with Gasteiger partial charge in [0.1, 0.15) is 16.5 Å². The number of aromatic nitrogens is 1. The number of aryl methyl sites for hydroxylation is 1. The molecule has 1 N–H and O–H groups in total. The molecule has 0 atom stereocenters. The van der Waals surface area contributed by atoms with Crippen LogP contribution in [0.3, 0.4) is 0 Å². The lowest BCUT2D eigenvalue weighted by atomic mass is 10.2. The summed E-state index contributed by atoms with van der Waals surface area (Å²) in [4.78, 5) is 12.9. The molecule has 0 fully saturated rings. The molecule has 30 heavy (non-hydrogen) atoms. The number of carbonyl (C=O) groups is 1. The summed E-state index contributed by atoms with van der Waals surface area (Å²) in [5.74, 6) is -1.01. The SMILES string of the molecule is C=CCn1c(C)c(C)c(S(=O)(=O)c2ccc(C)cc2)c1NC(=O)c1cccc(F)c1. The maximum atomic E-state index is 13.6. The van der Waals surface area contributed by atoms with E-state index in [9.17, 15) is 17.6 Å². The van der Waals surface area contributed by atoms with Crippen LogP contribution in [0.5, 0.6) is 0 Å². The number of hydrogen-bond donors (Lipinski definition) is 1. The van der Waals surface area contributed by atoms with E-state index in [0.29, 0.717) is 17.8 Å². The second-order valence-corrected chi connectivity index (χ2v) is 8.95. The van der Waals surface area contributed by atoms with Gasteiger partial charge in [-0.2, -0.15) is 0 Å². The minimum Gasteiger partial charge on any atom is -0.327 e. The average Bonchev–Trinajstić information content (AvgIpc) is 2.93. The molecule has 0 saturated heterocycles. The molecule has 3 aromatic rings. The van der Waals surface area contributed by atoms with Crippen LogP contribution in [0.2, 0.25) is 0 Å². The van der Waals surface area contributed by atoms with E-state index in [1.807, 2.05) is 6.92 Å². The molecule has 5 nitrogen and oxygen atoms in total. The zero-order valence-corrected chi connectivity index (χ0v) is 17.9. The van der Waals surface area contributed by atoms with Gasteiger partial charge in [-0.05, 0) is 56.7 Å². The molecule has 1 heterocycles. The van der Waals surface area contributed by atoms with Crippen LogP contribution < -0.4 is 5.32 Å². The molecule has 0 bridgehead atoms. The smallest absolute Gasteiger partial charge is 0.256 e. The normalized spacial score (nSPS) is 11.3. The third-order valence-electron chi connectivity index (χ3n) is 5.00. The number of sulfone groups is 1. The van der Waals surface area contributed by atoms with Gasteiger partial charge in [0, 0.05) is 17.8 Å². The molecule has 3 rings (SSSR count). The zero-order chi connectivity index (χ0) is 22.1. The summed E-state index contributed by atoms with van der Waals surface area (Å²) in [6, 6.07) is 11.8. The Morgan fingerprint density at radius 2 is 1.80 bits per heavy atom. The zero-order valence-electron chi connectivity index (χ0n) is 17.1. The van der Waals surface area contributed by atoms with Crippen molar-refractivity contribution in [2.45, 2.75) is 37.1 Å². The predicted octanol–water partition coefficient (Wildman–Crippen LogP) is 4.82. The highest BCUT2D eigenvalue weighted by molar-refractivity contribution is 7.91. The molecule has 156 valence electrons. The van der Waals surface area contributed by atoms with Crippen molar-refractivity contribution in [3.63, 3.8) is 0 Å². The number of allylic oxidation sites excluding steroid dienone is 1. The molecule has 7 heteroatoms. The van der Waals surface area contributed by atoms with Crippen LogP contribution in [0.15, 0.2) is 71.0 Å². The van der Waals surface area contributed by atoms with E-state index in [0.717, 1.165) is 11.6 Å². The van der Waals surface area contributed by atoms with Gasteiger partial charge in [0.15, 0.2) is 0 Å². The molecule has 1 amide bonds. The first-order valence-corrected chi connectivity index (χ1v) is 10.8. The number of benzene rings is 2. The van der Waals surface area contributed by atoms with Crippen LogP contribution in [0.25, 0.3) is 0 Å². The number of hydrogen-bond acceptors (Lipinski definition) is 3. The molecule has 0 unspecified atom stereocenters. The van der Waals surface area contributed by atoms with Crippen LogP contribution >= 0.6 is 0 Å². The lowest BCUT2D eigenvalue weighted by Gasteiger charge is -2.13. The van der Waals surface area contributed by atoms with Crippen molar-refractivity contribution in [2.75, 3.05) is 5.32 Å². The van der Waals surface area contributed by atoms with Crippen molar-refractivity contribution in [1.29, 1.82) is 0 Å². The second-order valence-electron chi connectivity index (χ2n) is 7.07. The Balaban J connectivity index is 2.18. The number of amides is 1. The Labute approximate surface area is 175 Å². The summed E-state index contributed by atoms with van der Waals surface area (Å²) in [6.45, 7) is 9.38. The number of nitrogens with one attached hydrogen (secondary N) is 1. The number of rotatable bonds is 6. The third kappa shape index (κ3) is 3.93. The standard InChI is InChI=1S/C23H23FN2O3S/c1-5-13-26-17(4)16(3)21(30(28,29)20-11-9-15(2)10-12-20)22(26)25-23(27)18-7-6-8-19(24)14-18/h5-12,14H,1,13H2,2-4H3,(H,25,27). The van der Waals surface area contributed by atoms with Gasteiger partial charge in [0.25, 0.3) is 5.91 Å². The fourth-order valence-corrected chi connectivity index (χ4v) is 4.99. The summed E-state index contributed by atoms with van der Waals surface area (Å²) < 4.78 is 42.2. The minimum atomic E-state index is -3.92. The molecule has 0 aliphatic heterocycles. The van der Waals surface area contributed by atoms with E-state index in [2.05, 4.69) is 11.9 Å². The van der Waals surface area contributed by atoms with Crippen molar-refractivity contribution in [3.05, 3.63) is 89.4 Å².